The maximum atomic E-state index is 14.9. The van der Waals surface area contributed by atoms with Gasteiger partial charge in [-0.05, 0) is 35.9 Å². The van der Waals surface area contributed by atoms with Gasteiger partial charge in [0.1, 0.15) is 17.5 Å². The molecule has 40 heavy (non-hydrogen) atoms. The predicted molar refractivity (Wildman–Crippen MR) is 128 cm³/mol. The van der Waals surface area contributed by atoms with Crippen molar-refractivity contribution in [2.45, 2.75) is 24.4 Å². The van der Waals surface area contributed by atoms with Gasteiger partial charge < -0.3 is 5.32 Å². The fourth-order valence-corrected chi connectivity index (χ4v) is 4.91. The van der Waals surface area contributed by atoms with Gasteiger partial charge in [-0.2, -0.15) is 39.5 Å². The van der Waals surface area contributed by atoms with Crippen molar-refractivity contribution in [1.29, 1.82) is 0 Å². The molecule has 0 aliphatic heterocycles. The lowest BCUT2D eigenvalue weighted by Crippen LogP contribution is -2.33. The molecule has 0 aliphatic carbocycles. The van der Waals surface area contributed by atoms with Crippen molar-refractivity contribution >= 4 is 56.4 Å². The number of hydrogen-bond donors (Lipinski definition) is 1. The zero-order valence-electron chi connectivity index (χ0n) is 19.2. The van der Waals surface area contributed by atoms with Crippen LogP contribution in [0, 0.1) is 0 Å². The van der Waals surface area contributed by atoms with Crippen LogP contribution >= 0.6 is 34.8 Å². The van der Waals surface area contributed by atoms with E-state index in [0.717, 1.165) is 12.1 Å². The number of sulfone groups is 1. The van der Waals surface area contributed by atoms with E-state index in [4.69, 9.17) is 34.8 Å². The lowest BCUT2D eigenvalue weighted by molar-refractivity contribution is -0.140. The fourth-order valence-electron chi connectivity index (χ4n) is 3.24. The van der Waals surface area contributed by atoms with Crippen LogP contribution in [0.25, 0.3) is 5.83 Å². The quantitative estimate of drug-likeness (QED) is 0.229. The van der Waals surface area contributed by atoms with Gasteiger partial charge in [-0.15, -0.1) is 0 Å². The molecule has 0 heterocycles. The van der Waals surface area contributed by atoms with Gasteiger partial charge in [0, 0.05) is 12.1 Å². The second-order valence-electron chi connectivity index (χ2n) is 8.05. The molecule has 222 valence electrons. The van der Waals surface area contributed by atoms with Crippen LogP contribution in [0.4, 0.5) is 43.9 Å². The molecule has 18 heteroatoms. The van der Waals surface area contributed by atoms with E-state index >= 15 is 0 Å². The first kappa shape index (κ1) is 34.0. The number of benzene rings is 2. The summed E-state index contributed by atoms with van der Waals surface area (Å²) in [5.74, 6) is -9.58. The number of allylic oxidation sites excluding steroid dienone is 1. The Balaban J connectivity index is 2.42. The van der Waals surface area contributed by atoms with Crippen molar-refractivity contribution < 1.29 is 57.1 Å². The molecular formula is C22H14Cl3F10NO3S. The van der Waals surface area contributed by atoms with Crippen molar-refractivity contribution in [3.05, 3.63) is 73.7 Å². The molecule has 2 aromatic carbocycles. The summed E-state index contributed by atoms with van der Waals surface area (Å²) < 4.78 is 157. The van der Waals surface area contributed by atoms with Gasteiger partial charge in [0.15, 0.2) is 9.84 Å². The van der Waals surface area contributed by atoms with E-state index < -0.39 is 96.4 Å². The third-order valence-corrected chi connectivity index (χ3v) is 7.75. The predicted octanol–water partition coefficient (Wildman–Crippen LogP) is 8.03. The SMILES string of the molecule is O=C(NCCS(=O)(=O)CC(F)(F)F)c1ccc(/C(F)=C/C(c2cc(Cl)c(Cl)c(Cl)c2)C(F)(F)F)cc1C(F)(F)F. The highest BCUT2D eigenvalue weighted by molar-refractivity contribution is 7.91. The van der Waals surface area contributed by atoms with Crippen molar-refractivity contribution in [3.63, 3.8) is 0 Å². The molecule has 0 bridgehead atoms. The molecule has 2 aromatic rings. The van der Waals surface area contributed by atoms with Gasteiger partial charge in [0.2, 0.25) is 0 Å². The van der Waals surface area contributed by atoms with Gasteiger partial charge in [-0.1, -0.05) is 40.9 Å². The van der Waals surface area contributed by atoms with E-state index in [0.29, 0.717) is 12.1 Å². The summed E-state index contributed by atoms with van der Waals surface area (Å²) in [6.45, 7) is -0.996. The number of amides is 1. The van der Waals surface area contributed by atoms with Gasteiger partial charge >= 0.3 is 18.5 Å². The second-order valence-corrected chi connectivity index (χ2v) is 11.4. The van der Waals surface area contributed by atoms with Crippen molar-refractivity contribution in [3.8, 4) is 0 Å². The monoisotopic (exact) mass is 667 g/mol. The molecule has 0 aliphatic rings. The van der Waals surface area contributed by atoms with Crippen LogP contribution in [0.1, 0.15) is 33.0 Å². The summed E-state index contributed by atoms with van der Waals surface area (Å²) in [6, 6.07) is 2.47. The van der Waals surface area contributed by atoms with Crippen LogP contribution in [-0.4, -0.2) is 44.7 Å². The van der Waals surface area contributed by atoms with Crippen LogP contribution in [0.15, 0.2) is 36.4 Å². The Labute approximate surface area is 234 Å². The zero-order valence-corrected chi connectivity index (χ0v) is 22.3. The van der Waals surface area contributed by atoms with E-state index in [1.807, 2.05) is 0 Å². The Morgan fingerprint density at radius 2 is 1.48 bits per heavy atom. The van der Waals surface area contributed by atoms with Crippen molar-refractivity contribution in [2.75, 3.05) is 18.1 Å². The molecule has 1 N–H and O–H groups in total. The molecule has 0 saturated heterocycles. The highest BCUT2D eigenvalue weighted by Gasteiger charge is 2.41. The number of nitrogens with one attached hydrogen (secondary N) is 1. The summed E-state index contributed by atoms with van der Waals surface area (Å²) in [4.78, 5) is 12.2. The molecule has 0 spiro atoms. The molecule has 4 nitrogen and oxygen atoms in total. The van der Waals surface area contributed by atoms with Gasteiger partial charge in [0.25, 0.3) is 5.91 Å². The molecule has 2 rings (SSSR count). The molecule has 1 unspecified atom stereocenters. The Bertz CT molecular complexity index is 1380. The topological polar surface area (TPSA) is 63.2 Å². The third-order valence-electron chi connectivity index (χ3n) is 4.96. The standard InChI is InChI=1S/C22H14Cl3F10NO3S/c23-15-6-11(7-16(24)18(15)25)13(21(30,31)32)8-17(26)10-1-2-12(14(5-10)22(33,34)35)19(37)36-3-4-40(38,39)9-20(27,28)29/h1-2,5-8,13H,3-4,9H2,(H,36,37)/b17-8-. The second kappa shape index (κ2) is 12.3. The summed E-state index contributed by atoms with van der Waals surface area (Å²) in [5, 5.41) is 0.602. The largest absolute Gasteiger partial charge is 0.417 e. The van der Waals surface area contributed by atoms with Crippen LogP contribution in [-0.2, 0) is 16.0 Å². The summed E-state index contributed by atoms with van der Waals surface area (Å²) in [6.07, 6.45) is -15.7. The molecular weight excluding hydrogens is 655 g/mol. The molecule has 0 saturated carbocycles. The minimum atomic E-state index is -5.36. The lowest BCUT2D eigenvalue weighted by atomic mass is 9.95. The van der Waals surface area contributed by atoms with Crippen LogP contribution in [0.3, 0.4) is 0 Å². The first-order valence-electron chi connectivity index (χ1n) is 10.4. The molecule has 0 aromatic heterocycles. The normalized spacial score (nSPS) is 14.3. The van der Waals surface area contributed by atoms with Gasteiger partial charge in [-0.25, -0.2) is 12.8 Å². The number of carbonyl (C=O) groups is 1. The number of halogens is 13. The zero-order chi connectivity index (χ0) is 30.8. The van der Waals surface area contributed by atoms with Crippen molar-refractivity contribution in [1.82, 2.24) is 5.32 Å². The summed E-state index contributed by atoms with van der Waals surface area (Å²) in [5.41, 5.74) is -4.71. The summed E-state index contributed by atoms with van der Waals surface area (Å²) >= 11 is 17.2. The minimum absolute atomic E-state index is 0.0381. The highest BCUT2D eigenvalue weighted by Crippen LogP contribution is 2.42. The lowest BCUT2D eigenvalue weighted by Gasteiger charge is -2.19. The van der Waals surface area contributed by atoms with Crippen LogP contribution < -0.4 is 5.32 Å². The number of rotatable bonds is 8. The van der Waals surface area contributed by atoms with Crippen molar-refractivity contribution in [2.24, 2.45) is 0 Å². The van der Waals surface area contributed by atoms with Gasteiger partial charge in [0.05, 0.1) is 31.9 Å². The smallest absolute Gasteiger partial charge is 0.351 e. The Morgan fingerprint density at radius 3 is 1.95 bits per heavy atom. The average molecular weight is 669 g/mol. The van der Waals surface area contributed by atoms with E-state index in [2.05, 4.69) is 0 Å². The van der Waals surface area contributed by atoms with Crippen LogP contribution in [0.5, 0.6) is 0 Å². The molecule has 1 amide bonds. The number of alkyl halides is 9. The Hall–Kier alpha value is -2.23. The Morgan fingerprint density at radius 1 is 0.925 bits per heavy atom. The first-order chi connectivity index (χ1) is 18.0. The van der Waals surface area contributed by atoms with Gasteiger partial charge in [-0.3, -0.25) is 4.79 Å². The Kier molecular flexibility index (Phi) is 10.5. The van der Waals surface area contributed by atoms with E-state index in [1.165, 1.54) is 0 Å². The minimum Gasteiger partial charge on any atom is -0.351 e. The fraction of sp³-hybridized carbons (Fsp3) is 0.318. The van der Waals surface area contributed by atoms with Crippen LogP contribution in [0.2, 0.25) is 15.1 Å². The van der Waals surface area contributed by atoms with E-state index in [-0.39, 0.29) is 17.2 Å². The maximum absolute atomic E-state index is 14.9. The number of hydrogen-bond acceptors (Lipinski definition) is 3. The molecule has 0 radical (unpaired) electrons. The first-order valence-corrected chi connectivity index (χ1v) is 13.3. The third kappa shape index (κ3) is 9.42. The highest BCUT2D eigenvalue weighted by atomic mass is 35.5. The number of carbonyl (C=O) groups excluding carboxylic acids is 1. The molecule has 0 fully saturated rings. The van der Waals surface area contributed by atoms with E-state index in [9.17, 15) is 57.1 Å². The maximum Gasteiger partial charge on any atom is 0.417 e. The average Bonchev–Trinajstić information content (AvgIpc) is 2.77. The summed E-state index contributed by atoms with van der Waals surface area (Å²) in [7, 11) is -4.76. The molecule has 1 atom stereocenters. The van der Waals surface area contributed by atoms with E-state index in [1.54, 1.807) is 5.32 Å².